The lowest BCUT2D eigenvalue weighted by Gasteiger charge is -2.29. The quantitative estimate of drug-likeness (QED) is 0.169. The fraction of sp³-hybridized carbons (Fsp3) is 0.143. The van der Waals surface area contributed by atoms with Crippen molar-refractivity contribution in [3.63, 3.8) is 0 Å². The predicted octanol–water partition coefficient (Wildman–Crippen LogP) is 4.56. The number of hydrogen-bond donors (Lipinski definition) is 2. The smallest absolute Gasteiger partial charge is 0.303 e. The summed E-state index contributed by atoms with van der Waals surface area (Å²) in [6.45, 7) is 0.221. The molecular weight excluding hydrogens is 508 g/mol. The Labute approximate surface area is 224 Å². The zero-order valence-electron chi connectivity index (χ0n) is 20.4. The molecule has 0 radical (unpaired) electrons. The molecule has 1 aliphatic heterocycles. The zero-order valence-corrected chi connectivity index (χ0v) is 21.2. The number of nitrogens with zero attached hydrogens (tertiary/aromatic N) is 1. The van der Waals surface area contributed by atoms with Gasteiger partial charge in [-0.05, 0) is 73.2 Å². The van der Waals surface area contributed by atoms with Gasteiger partial charge in [0.2, 0.25) is 0 Å². The molecule has 9 nitrogen and oxygen atoms in total. The summed E-state index contributed by atoms with van der Waals surface area (Å²) in [4.78, 5) is 38.0. The van der Waals surface area contributed by atoms with Crippen LogP contribution in [0.1, 0.15) is 18.4 Å². The summed E-state index contributed by atoms with van der Waals surface area (Å²) in [5.41, 5.74) is 0.809. The maximum atomic E-state index is 13.4. The second kappa shape index (κ2) is 12.0. The van der Waals surface area contributed by atoms with E-state index in [1.807, 2.05) is 30.3 Å². The number of carboxylic acid groups (broad SMARTS) is 1. The van der Waals surface area contributed by atoms with Gasteiger partial charge >= 0.3 is 5.97 Å². The first-order valence-electron chi connectivity index (χ1n) is 11.6. The molecule has 1 saturated heterocycles. The van der Waals surface area contributed by atoms with Gasteiger partial charge in [0, 0.05) is 18.1 Å². The third kappa shape index (κ3) is 6.34. The Morgan fingerprint density at radius 2 is 1.68 bits per heavy atom. The molecule has 1 aliphatic rings. The number of amides is 2. The van der Waals surface area contributed by atoms with Gasteiger partial charge in [-0.1, -0.05) is 18.2 Å². The van der Waals surface area contributed by atoms with Crippen LogP contribution in [0.5, 0.6) is 23.0 Å². The molecule has 10 heteroatoms. The van der Waals surface area contributed by atoms with Crippen LogP contribution in [0.25, 0.3) is 6.08 Å². The number of anilines is 1. The number of para-hydroxylation sites is 1. The summed E-state index contributed by atoms with van der Waals surface area (Å²) >= 11 is 5.29. The van der Waals surface area contributed by atoms with Crippen molar-refractivity contribution >= 4 is 46.9 Å². The highest BCUT2D eigenvalue weighted by atomic mass is 32.1. The predicted molar refractivity (Wildman–Crippen MR) is 145 cm³/mol. The lowest BCUT2D eigenvalue weighted by Crippen LogP contribution is -2.54. The monoisotopic (exact) mass is 532 g/mol. The van der Waals surface area contributed by atoms with Gasteiger partial charge in [0.15, 0.2) is 5.11 Å². The molecule has 1 fully saturated rings. The Balaban J connectivity index is 1.53. The molecule has 1 heterocycles. The van der Waals surface area contributed by atoms with Crippen molar-refractivity contribution in [2.75, 3.05) is 18.6 Å². The minimum atomic E-state index is -0.895. The third-order valence-corrected chi connectivity index (χ3v) is 5.77. The van der Waals surface area contributed by atoms with Crippen LogP contribution < -0.4 is 24.4 Å². The maximum Gasteiger partial charge on any atom is 0.303 e. The van der Waals surface area contributed by atoms with E-state index in [1.54, 1.807) is 42.5 Å². The highest BCUT2D eigenvalue weighted by Crippen LogP contribution is 2.30. The number of carbonyl (C=O) groups excluding carboxylic acids is 2. The van der Waals surface area contributed by atoms with Gasteiger partial charge in [0.05, 0.1) is 19.4 Å². The number of carbonyl (C=O) groups is 3. The molecule has 4 rings (SSSR count). The SMILES string of the molecule is COc1cc(OCCCC(=O)O)ccc1/C=C1\C(=O)NC(=S)N(c2ccc(Oc3ccccc3)cc2)C1=O. The number of carboxylic acids is 1. The first-order chi connectivity index (χ1) is 18.4. The highest BCUT2D eigenvalue weighted by Gasteiger charge is 2.34. The van der Waals surface area contributed by atoms with E-state index in [9.17, 15) is 14.4 Å². The molecule has 0 unspecified atom stereocenters. The highest BCUT2D eigenvalue weighted by molar-refractivity contribution is 7.80. The van der Waals surface area contributed by atoms with Gasteiger partial charge in [-0.15, -0.1) is 0 Å². The van der Waals surface area contributed by atoms with E-state index in [-0.39, 0.29) is 23.7 Å². The Morgan fingerprint density at radius 1 is 1.00 bits per heavy atom. The minimum Gasteiger partial charge on any atom is -0.496 e. The molecule has 0 saturated carbocycles. The maximum absolute atomic E-state index is 13.4. The first-order valence-corrected chi connectivity index (χ1v) is 12.0. The van der Waals surface area contributed by atoms with Crippen LogP contribution in [0.4, 0.5) is 5.69 Å². The Hall–Kier alpha value is -4.70. The number of benzene rings is 3. The summed E-state index contributed by atoms with van der Waals surface area (Å²) in [5.74, 6) is -0.0279. The molecule has 0 atom stereocenters. The second-order valence-corrected chi connectivity index (χ2v) is 8.50. The largest absolute Gasteiger partial charge is 0.496 e. The van der Waals surface area contributed by atoms with Crippen molar-refractivity contribution in [2.45, 2.75) is 12.8 Å². The molecule has 194 valence electrons. The van der Waals surface area contributed by atoms with Crippen molar-refractivity contribution < 1.29 is 33.7 Å². The van der Waals surface area contributed by atoms with Crippen molar-refractivity contribution in [1.29, 1.82) is 0 Å². The zero-order chi connectivity index (χ0) is 27.1. The van der Waals surface area contributed by atoms with Crippen LogP contribution in [0.2, 0.25) is 0 Å². The van der Waals surface area contributed by atoms with Gasteiger partial charge < -0.3 is 19.3 Å². The molecule has 38 heavy (non-hydrogen) atoms. The molecule has 2 amide bonds. The van der Waals surface area contributed by atoms with Crippen LogP contribution in [0.15, 0.2) is 78.4 Å². The molecule has 2 N–H and O–H groups in total. The van der Waals surface area contributed by atoms with E-state index in [4.69, 9.17) is 31.5 Å². The topological polar surface area (TPSA) is 114 Å². The molecule has 3 aromatic carbocycles. The van der Waals surface area contributed by atoms with Crippen molar-refractivity contribution in [3.05, 3.63) is 83.9 Å². The van der Waals surface area contributed by atoms with Crippen LogP contribution >= 0.6 is 12.2 Å². The molecule has 0 spiro atoms. The van der Waals surface area contributed by atoms with Crippen LogP contribution in [-0.2, 0) is 14.4 Å². The minimum absolute atomic E-state index is 0.000318. The van der Waals surface area contributed by atoms with E-state index < -0.39 is 17.8 Å². The number of nitrogens with one attached hydrogen (secondary N) is 1. The fourth-order valence-corrected chi connectivity index (χ4v) is 3.93. The molecule has 0 aliphatic carbocycles. The summed E-state index contributed by atoms with van der Waals surface area (Å²) in [5, 5.41) is 11.3. The standard InChI is InChI=1S/C28H24N2O7S/c1-35-24-17-22(36-15-5-8-25(31)32)12-9-18(24)16-23-26(33)29-28(38)30(27(23)34)19-10-13-21(14-11-19)37-20-6-3-2-4-7-20/h2-4,6-7,9-14,16-17H,5,8,15H2,1H3,(H,31,32)(H,29,33,38)/b23-16+. The number of ether oxygens (including phenoxy) is 3. The number of aliphatic carboxylic acids is 1. The average Bonchev–Trinajstić information content (AvgIpc) is 2.91. The first kappa shape index (κ1) is 26.4. The summed E-state index contributed by atoms with van der Waals surface area (Å²) in [7, 11) is 1.45. The summed E-state index contributed by atoms with van der Waals surface area (Å²) in [6, 6.07) is 20.9. The Kier molecular flexibility index (Phi) is 8.34. The molecular formula is C28H24N2O7S. The van der Waals surface area contributed by atoms with Crippen molar-refractivity contribution in [2.24, 2.45) is 0 Å². The number of methoxy groups -OCH3 is 1. The number of hydrogen-bond acceptors (Lipinski definition) is 7. The molecule has 0 bridgehead atoms. The second-order valence-electron chi connectivity index (χ2n) is 8.12. The van der Waals surface area contributed by atoms with Crippen LogP contribution in [0, 0.1) is 0 Å². The van der Waals surface area contributed by atoms with Crippen LogP contribution in [-0.4, -0.2) is 41.7 Å². The van der Waals surface area contributed by atoms with Crippen LogP contribution in [0.3, 0.4) is 0 Å². The van der Waals surface area contributed by atoms with E-state index in [2.05, 4.69) is 5.32 Å². The van der Waals surface area contributed by atoms with Gasteiger partial charge in [-0.3, -0.25) is 24.6 Å². The van der Waals surface area contributed by atoms with E-state index >= 15 is 0 Å². The summed E-state index contributed by atoms with van der Waals surface area (Å²) < 4.78 is 16.8. The van der Waals surface area contributed by atoms with E-state index in [0.29, 0.717) is 40.7 Å². The molecule has 3 aromatic rings. The Bertz CT molecular complexity index is 1390. The van der Waals surface area contributed by atoms with Gasteiger partial charge in [-0.25, -0.2) is 0 Å². The lowest BCUT2D eigenvalue weighted by atomic mass is 10.1. The van der Waals surface area contributed by atoms with E-state index in [0.717, 1.165) is 0 Å². The Morgan fingerprint density at radius 3 is 2.37 bits per heavy atom. The van der Waals surface area contributed by atoms with Gasteiger partial charge in [0.25, 0.3) is 11.8 Å². The average molecular weight is 533 g/mol. The van der Waals surface area contributed by atoms with E-state index in [1.165, 1.54) is 18.1 Å². The number of thiocarbonyl (C=S) groups is 1. The van der Waals surface area contributed by atoms with Crippen molar-refractivity contribution in [3.8, 4) is 23.0 Å². The lowest BCUT2D eigenvalue weighted by molar-refractivity contribution is -0.137. The number of rotatable bonds is 10. The normalized spacial score (nSPS) is 14.3. The molecule has 0 aromatic heterocycles. The summed E-state index contributed by atoms with van der Waals surface area (Å²) in [6.07, 6.45) is 1.78. The van der Waals surface area contributed by atoms with Gasteiger partial charge in [0.1, 0.15) is 28.6 Å². The van der Waals surface area contributed by atoms with Crippen molar-refractivity contribution in [1.82, 2.24) is 5.32 Å². The van der Waals surface area contributed by atoms with Gasteiger partial charge in [-0.2, -0.15) is 0 Å². The third-order valence-electron chi connectivity index (χ3n) is 5.48. The fourth-order valence-electron chi connectivity index (χ4n) is 3.65.